The first kappa shape index (κ1) is 12.6. The topological polar surface area (TPSA) is 27.7 Å². The van der Waals surface area contributed by atoms with Crippen LogP contribution in [0.25, 0.3) is 0 Å². The minimum atomic E-state index is -0.286. The molecule has 1 fully saturated rings. The van der Waals surface area contributed by atoms with E-state index >= 15 is 0 Å². The molecule has 0 aliphatic carbocycles. The molecule has 0 saturated carbocycles. The second-order valence-electron chi connectivity index (χ2n) is 3.55. The number of allylic oxidation sites excluding steroid dienone is 1. The Morgan fingerprint density at radius 1 is 1.24 bits per heavy atom. The van der Waals surface area contributed by atoms with Crippen LogP contribution in [-0.2, 0) is 9.47 Å². The zero-order valence-corrected chi connectivity index (χ0v) is 11.1. The summed E-state index contributed by atoms with van der Waals surface area (Å²) in [5.74, 6) is 0.818. The number of rotatable bonds is 5. The number of halogens is 1. The zero-order valence-electron chi connectivity index (χ0n) is 9.47. The lowest BCUT2D eigenvalue weighted by Gasteiger charge is -2.14. The lowest BCUT2D eigenvalue weighted by Crippen LogP contribution is -2.03. The summed E-state index contributed by atoms with van der Waals surface area (Å²) in [7, 11) is 0. The number of alkyl halides is 1. The van der Waals surface area contributed by atoms with Crippen molar-refractivity contribution in [3.63, 3.8) is 0 Å². The van der Waals surface area contributed by atoms with Crippen LogP contribution in [0.3, 0.4) is 0 Å². The highest BCUT2D eigenvalue weighted by Crippen LogP contribution is 2.30. The van der Waals surface area contributed by atoms with Crippen molar-refractivity contribution >= 4 is 15.9 Å². The van der Waals surface area contributed by atoms with Gasteiger partial charge in [0.15, 0.2) is 6.29 Å². The maximum Gasteiger partial charge on any atom is 0.187 e. The standard InChI is InChI=1S/C13H15BrO3/c14-7-3-4-8-15-12-6-2-1-5-11(12)13-16-9-10-17-13/h1-6,13H,7-10H2/b4-3+. The fourth-order valence-electron chi connectivity index (χ4n) is 1.61. The Bertz CT molecular complexity index is 373. The van der Waals surface area contributed by atoms with E-state index in [2.05, 4.69) is 15.9 Å². The summed E-state index contributed by atoms with van der Waals surface area (Å²) in [6.45, 7) is 1.83. The van der Waals surface area contributed by atoms with Gasteiger partial charge in [-0.1, -0.05) is 46.3 Å². The molecule has 0 radical (unpaired) electrons. The Kier molecular flexibility index (Phi) is 5.04. The Hall–Kier alpha value is -0.840. The summed E-state index contributed by atoms with van der Waals surface area (Å²) in [6.07, 6.45) is 3.69. The lowest BCUT2D eigenvalue weighted by molar-refractivity contribution is -0.0456. The van der Waals surface area contributed by atoms with E-state index in [4.69, 9.17) is 14.2 Å². The van der Waals surface area contributed by atoms with Gasteiger partial charge >= 0.3 is 0 Å². The van der Waals surface area contributed by atoms with E-state index in [9.17, 15) is 0 Å². The first-order valence-electron chi connectivity index (χ1n) is 5.57. The van der Waals surface area contributed by atoms with Crippen LogP contribution in [-0.4, -0.2) is 25.2 Å². The smallest absolute Gasteiger partial charge is 0.187 e. The molecule has 0 amide bonds. The molecule has 0 aromatic heterocycles. The van der Waals surface area contributed by atoms with Gasteiger partial charge in [-0.3, -0.25) is 0 Å². The molecule has 1 aliphatic rings. The first-order chi connectivity index (χ1) is 8.42. The van der Waals surface area contributed by atoms with Crippen LogP contribution in [0.4, 0.5) is 0 Å². The third-order valence-corrected chi connectivity index (χ3v) is 2.76. The molecular formula is C13H15BrO3. The van der Waals surface area contributed by atoms with Gasteiger partial charge in [-0.2, -0.15) is 0 Å². The van der Waals surface area contributed by atoms with Crippen molar-refractivity contribution in [2.75, 3.05) is 25.2 Å². The van der Waals surface area contributed by atoms with Crippen LogP contribution in [0.15, 0.2) is 36.4 Å². The molecule has 3 nitrogen and oxygen atoms in total. The maximum atomic E-state index is 5.68. The molecule has 1 aromatic carbocycles. The predicted molar refractivity (Wildman–Crippen MR) is 69.5 cm³/mol. The van der Waals surface area contributed by atoms with E-state index in [1.807, 2.05) is 36.4 Å². The van der Waals surface area contributed by atoms with E-state index in [0.717, 1.165) is 16.6 Å². The molecule has 0 unspecified atom stereocenters. The van der Waals surface area contributed by atoms with Crippen LogP contribution in [0.1, 0.15) is 11.9 Å². The fourth-order valence-corrected chi connectivity index (χ4v) is 1.88. The van der Waals surface area contributed by atoms with Gasteiger partial charge in [-0.05, 0) is 6.07 Å². The van der Waals surface area contributed by atoms with E-state index in [1.165, 1.54) is 0 Å². The number of hydrogen-bond acceptors (Lipinski definition) is 3. The zero-order chi connectivity index (χ0) is 11.9. The molecule has 4 heteroatoms. The molecule has 0 N–H and O–H groups in total. The highest BCUT2D eigenvalue weighted by Gasteiger charge is 2.21. The molecule has 17 heavy (non-hydrogen) atoms. The van der Waals surface area contributed by atoms with Gasteiger partial charge in [0.25, 0.3) is 0 Å². The summed E-state index contributed by atoms with van der Waals surface area (Å²) in [5, 5.41) is 0.840. The van der Waals surface area contributed by atoms with Crippen LogP contribution >= 0.6 is 15.9 Å². The highest BCUT2D eigenvalue weighted by atomic mass is 79.9. The van der Waals surface area contributed by atoms with E-state index in [0.29, 0.717) is 19.8 Å². The number of para-hydroxylation sites is 1. The third-order valence-electron chi connectivity index (χ3n) is 2.39. The normalized spacial score (nSPS) is 16.8. The highest BCUT2D eigenvalue weighted by molar-refractivity contribution is 9.09. The van der Waals surface area contributed by atoms with Crippen molar-refractivity contribution in [2.45, 2.75) is 6.29 Å². The molecule has 1 aliphatic heterocycles. The summed E-state index contributed by atoms with van der Waals surface area (Å²) in [4.78, 5) is 0. The van der Waals surface area contributed by atoms with Crippen LogP contribution < -0.4 is 4.74 Å². The molecule has 1 saturated heterocycles. The SMILES string of the molecule is BrC/C=C/COc1ccccc1C1OCCO1. The van der Waals surface area contributed by atoms with Crippen LogP contribution in [0.2, 0.25) is 0 Å². The number of hydrogen-bond donors (Lipinski definition) is 0. The van der Waals surface area contributed by atoms with Crippen molar-refractivity contribution in [1.82, 2.24) is 0 Å². The fraction of sp³-hybridized carbons (Fsp3) is 0.385. The first-order valence-corrected chi connectivity index (χ1v) is 6.70. The second kappa shape index (κ2) is 6.79. The van der Waals surface area contributed by atoms with E-state index in [-0.39, 0.29) is 6.29 Å². The van der Waals surface area contributed by atoms with Crippen molar-refractivity contribution in [3.05, 3.63) is 42.0 Å². The summed E-state index contributed by atoms with van der Waals surface area (Å²) < 4.78 is 16.6. The molecular weight excluding hydrogens is 284 g/mol. The molecule has 0 atom stereocenters. The molecule has 0 spiro atoms. The van der Waals surface area contributed by atoms with Crippen molar-refractivity contribution in [3.8, 4) is 5.75 Å². The van der Waals surface area contributed by atoms with Crippen LogP contribution in [0.5, 0.6) is 5.75 Å². The van der Waals surface area contributed by atoms with Crippen LogP contribution in [0, 0.1) is 0 Å². The second-order valence-corrected chi connectivity index (χ2v) is 4.20. The molecule has 1 aromatic rings. The van der Waals surface area contributed by atoms with Crippen molar-refractivity contribution in [2.24, 2.45) is 0 Å². The van der Waals surface area contributed by atoms with Gasteiger partial charge in [0.05, 0.1) is 13.2 Å². The lowest BCUT2D eigenvalue weighted by atomic mass is 10.2. The third kappa shape index (κ3) is 3.56. The average molecular weight is 299 g/mol. The van der Waals surface area contributed by atoms with Crippen molar-refractivity contribution < 1.29 is 14.2 Å². The van der Waals surface area contributed by atoms with Gasteiger partial charge in [-0.25, -0.2) is 0 Å². The average Bonchev–Trinajstić information content (AvgIpc) is 2.89. The largest absolute Gasteiger partial charge is 0.489 e. The Morgan fingerprint density at radius 3 is 2.76 bits per heavy atom. The van der Waals surface area contributed by atoms with Gasteiger partial charge in [0, 0.05) is 10.9 Å². The van der Waals surface area contributed by atoms with Crippen molar-refractivity contribution in [1.29, 1.82) is 0 Å². The number of ether oxygens (including phenoxy) is 3. The summed E-state index contributed by atoms with van der Waals surface area (Å²) >= 11 is 3.32. The monoisotopic (exact) mass is 298 g/mol. The maximum absolute atomic E-state index is 5.68. The minimum Gasteiger partial charge on any atom is -0.489 e. The quantitative estimate of drug-likeness (QED) is 0.618. The molecule has 0 bridgehead atoms. The molecule has 1 heterocycles. The Morgan fingerprint density at radius 2 is 2.00 bits per heavy atom. The number of benzene rings is 1. The van der Waals surface area contributed by atoms with Gasteiger partial charge in [0.1, 0.15) is 12.4 Å². The van der Waals surface area contributed by atoms with Gasteiger partial charge in [-0.15, -0.1) is 0 Å². The van der Waals surface area contributed by atoms with E-state index in [1.54, 1.807) is 0 Å². The van der Waals surface area contributed by atoms with Gasteiger partial charge in [0.2, 0.25) is 0 Å². The Labute approximate surface area is 109 Å². The van der Waals surface area contributed by atoms with E-state index < -0.39 is 0 Å². The van der Waals surface area contributed by atoms with Gasteiger partial charge < -0.3 is 14.2 Å². The summed E-state index contributed by atoms with van der Waals surface area (Å²) in [5.41, 5.74) is 0.956. The predicted octanol–water partition coefficient (Wildman–Crippen LogP) is 3.06. The Balaban J connectivity index is 2.02. The minimum absolute atomic E-state index is 0.286. The summed E-state index contributed by atoms with van der Waals surface area (Å²) in [6, 6.07) is 7.81. The molecule has 92 valence electrons. The molecule has 2 rings (SSSR count).